The Balaban J connectivity index is 1.90. The van der Waals surface area contributed by atoms with Crippen LogP contribution in [0, 0.1) is 5.92 Å². The van der Waals surface area contributed by atoms with Crippen molar-refractivity contribution in [2.75, 3.05) is 38.6 Å². The summed E-state index contributed by atoms with van der Waals surface area (Å²) in [7, 11) is 4.31. The Morgan fingerprint density at radius 3 is 2.26 bits per heavy atom. The number of nitrogens with zero attached hydrogens (tertiary/aromatic N) is 2. The lowest BCUT2D eigenvalue weighted by molar-refractivity contribution is 0.199. The summed E-state index contributed by atoms with van der Waals surface area (Å²) in [5.74, 6) is 0.836. The van der Waals surface area contributed by atoms with Crippen molar-refractivity contribution < 1.29 is 5.11 Å². The van der Waals surface area contributed by atoms with Gasteiger partial charge in [-0.05, 0) is 57.5 Å². The quantitative estimate of drug-likeness (QED) is 0.903. The molecule has 1 N–H and O–H groups in total. The molecule has 1 heterocycles. The summed E-state index contributed by atoms with van der Waals surface area (Å²) in [5, 5.41) is 9.53. The number of aliphatic hydroxyl groups is 1. The lowest BCUT2D eigenvalue weighted by atomic mass is 9.96. The van der Waals surface area contributed by atoms with E-state index in [1.807, 2.05) is 19.1 Å². The summed E-state index contributed by atoms with van der Waals surface area (Å²) in [6, 6.07) is 8.33. The molecule has 0 amide bonds. The highest BCUT2D eigenvalue weighted by molar-refractivity contribution is 5.48. The van der Waals surface area contributed by atoms with Crippen LogP contribution in [0.5, 0.6) is 0 Å². The van der Waals surface area contributed by atoms with Crippen LogP contribution < -0.4 is 4.90 Å². The van der Waals surface area contributed by atoms with Crippen LogP contribution >= 0.6 is 0 Å². The fourth-order valence-corrected chi connectivity index (χ4v) is 2.85. The maximum atomic E-state index is 9.53. The minimum absolute atomic E-state index is 0.375. The van der Waals surface area contributed by atoms with E-state index < -0.39 is 0 Å². The van der Waals surface area contributed by atoms with Gasteiger partial charge in [-0.1, -0.05) is 12.1 Å². The molecule has 1 fully saturated rings. The molecule has 106 valence electrons. The third kappa shape index (κ3) is 3.95. The Kier molecular flexibility index (Phi) is 4.83. The summed E-state index contributed by atoms with van der Waals surface area (Å²) in [5.41, 5.74) is 2.28. The molecule has 2 rings (SSSR count). The Labute approximate surface area is 116 Å². The van der Waals surface area contributed by atoms with Gasteiger partial charge in [0.25, 0.3) is 0 Å². The predicted octanol–water partition coefficient (Wildman–Crippen LogP) is 2.52. The molecular weight excluding hydrogens is 236 g/mol. The van der Waals surface area contributed by atoms with E-state index in [9.17, 15) is 5.11 Å². The van der Waals surface area contributed by atoms with Gasteiger partial charge in [0.1, 0.15) is 0 Å². The average molecular weight is 262 g/mol. The Hall–Kier alpha value is -1.06. The maximum absolute atomic E-state index is 9.53. The van der Waals surface area contributed by atoms with Crippen LogP contribution in [-0.4, -0.2) is 43.7 Å². The van der Waals surface area contributed by atoms with Gasteiger partial charge in [0.15, 0.2) is 0 Å². The molecule has 1 atom stereocenters. The second-order valence-corrected chi connectivity index (χ2v) is 5.96. The first-order valence-corrected chi connectivity index (χ1v) is 7.24. The monoisotopic (exact) mass is 262 g/mol. The van der Waals surface area contributed by atoms with E-state index in [4.69, 9.17) is 0 Å². The number of piperidine rings is 1. The van der Waals surface area contributed by atoms with Gasteiger partial charge in [-0.2, -0.15) is 0 Å². The zero-order chi connectivity index (χ0) is 13.8. The lowest BCUT2D eigenvalue weighted by Gasteiger charge is -2.34. The summed E-state index contributed by atoms with van der Waals surface area (Å²) >= 11 is 0. The van der Waals surface area contributed by atoms with E-state index in [0.29, 0.717) is 0 Å². The molecule has 3 nitrogen and oxygen atoms in total. The first-order valence-electron chi connectivity index (χ1n) is 7.24. The van der Waals surface area contributed by atoms with Gasteiger partial charge in [0.05, 0.1) is 6.10 Å². The largest absolute Gasteiger partial charge is 0.389 e. The van der Waals surface area contributed by atoms with Gasteiger partial charge >= 0.3 is 0 Å². The first kappa shape index (κ1) is 14.4. The summed E-state index contributed by atoms with van der Waals surface area (Å²) in [6.45, 7) is 5.30. The molecular formula is C16H26N2O. The number of rotatable bonds is 4. The second-order valence-electron chi connectivity index (χ2n) is 5.96. The SMILES string of the molecule is C[C@@H](O)c1ccc(N2CCC(CN(C)C)CC2)cc1. The van der Waals surface area contributed by atoms with Crippen LogP contribution in [0.2, 0.25) is 0 Å². The smallest absolute Gasteiger partial charge is 0.0761 e. The molecule has 1 saturated heterocycles. The molecule has 3 heteroatoms. The highest BCUT2D eigenvalue weighted by Gasteiger charge is 2.19. The Morgan fingerprint density at radius 1 is 1.21 bits per heavy atom. The summed E-state index contributed by atoms with van der Waals surface area (Å²) in [4.78, 5) is 4.75. The van der Waals surface area contributed by atoms with Gasteiger partial charge in [0.2, 0.25) is 0 Å². The summed E-state index contributed by atoms with van der Waals surface area (Å²) < 4.78 is 0. The number of hydrogen-bond donors (Lipinski definition) is 1. The van der Waals surface area contributed by atoms with Crippen molar-refractivity contribution in [3.8, 4) is 0 Å². The molecule has 0 aliphatic carbocycles. The van der Waals surface area contributed by atoms with E-state index >= 15 is 0 Å². The molecule has 0 aromatic heterocycles. The molecule has 1 aromatic rings. The molecule has 19 heavy (non-hydrogen) atoms. The van der Waals surface area contributed by atoms with Gasteiger partial charge in [0, 0.05) is 25.3 Å². The van der Waals surface area contributed by atoms with Crippen LogP contribution in [0.4, 0.5) is 5.69 Å². The molecule has 1 aliphatic rings. The number of benzene rings is 1. The predicted molar refractivity (Wildman–Crippen MR) is 80.6 cm³/mol. The van der Waals surface area contributed by atoms with Crippen molar-refractivity contribution >= 4 is 5.69 Å². The van der Waals surface area contributed by atoms with Gasteiger partial charge < -0.3 is 14.9 Å². The third-order valence-corrected chi connectivity index (χ3v) is 3.98. The van der Waals surface area contributed by atoms with E-state index in [-0.39, 0.29) is 6.10 Å². The lowest BCUT2D eigenvalue weighted by Crippen LogP contribution is -2.37. The summed E-state index contributed by atoms with van der Waals surface area (Å²) in [6.07, 6.45) is 2.17. The zero-order valence-electron chi connectivity index (χ0n) is 12.3. The number of anilines is 1. The molecule has 0 unspecified atom stereocenters. The van der Waals surface area contributed by atoms with Gasteiger partial charge in [-0.3, -0.25) is 0 Å². The van der Waals surface area contributed by atoms with Gasteiger partial charge in [-0.25, -0.2) is 0 Å². The maximum Gasteiger partial charge on any atom is 0.0761 e. The average Bonchev–Trinajstić information content (AvgIpc) is 2.39. The fraction of sp³-hybridized carbons (Fsp3) is 0.625. The molecule has 1 aromatic carbocycles. The number of aliphatic hydroxyl groups excluding tert-OH is 1. The van der Waals surface area contributed by atoms with Crippen LogP contribution in [0.25, 0.3) is 0 Å². The Morgan fingerprint density at radius 2 is 1.79 bits per heavy atom. The van der Waals surface area contributed by atoms with Crippen molar-refractivity contribution in [2.24, 2.45) is 5.92 Å². The number of hydrogen-bond acceptors (Lipinski definition) is 3. The van der Waals surface area contributed by atoms with Crippen molar-refractivity contribution in [3.63, 3.8) is 0 Å². The highest BCUT2D eigenvalue weighted by atomic mass is 16.3. The van der Waals surface area contributed by atoms with Crippen molar-refractivity contribution in [2.45, 2.75) is 25.9 Å². The van der Waals surface area contributed by atoms with Crippen LogP contribution in [0.3, 0.4) is 0 Å². The van der Waals surface area contributed by atoms with E-state index in [1.165, 1.54) is 25.1 Å². The van der Waals surface area contributed by atoms with Gasteiger partial charge in [-0.15, -0.1) is 0 Å². The molecule has 0 spiro atoms. The zero-order valence-corrected chi connectivity index (χ0v) is 12.3. The minimum Gasteiger partial charge on any atom is -0.389 e. The van der Waals surface area contributed by atoms with E-state index in [2.05, 4.69) is 36.0 Å². The van der Waals surface area contributed by atoms with Crippen molar-refractivity contribution in [1.82, 2.24) is 4.90 Å². The van der Waals surface area contributed by atoms with E-state index in [0.717, 1.165) is 24.6 Å². The molecule has 0 saturated carbocycles. The molecule has 0 bridgehead atoms. The Bertz CT molecular complexity index is 378. The van der Waals surface area contributed by atoms with Crippen LogP contribution in [0.1, 0.15) is 31.4 Å². The topological polar surface area (TPSA) is 26.7 Å². The fourth-order valence-electron chi connectivity index (χ4n) is 2.85. The highest BCUT2D eigenvalue weighted by Crippen LogP contribution is 2.25. The van der Waals surface area contributed by atoms with Crippen molar-refractivity contribution in [3.05, 3.63) is 29.8 Å². The van der Waals surface area contributed by atoms with Crippen molar-refractivity contribution in [1.29, 1.82) is 0 Å². The van der Waals surface area contributed by atoms with Crippen LogP contribution in [-0.2, 0) is 0 Å². The second kappa shape index (κ2) is 6.40. The van der Waals surface area contributed by atoms with Crippen LogP contribution in [0.15, 0.2) is 24.3 Å². The minimum atomic E-state index is -0.375. The normalized spacial score (nSPS) is 18.9. The third-order valence-electron chi connectivity index (χ3n) is 3.98. The molecule has 1 aliphatic heterocycles. The molecule has 0 radical (unpaired) electrons. The van der Waals surface area contributed by atoms with E-state index in [1.54, 1.807) is 0 Å². The standard InChI is InChI=1S/C16H26N2O/c1-13(19)15-4-6-16(7-5-15)18-10-8-14(9-11-18)12-17(2)3/h4-7,13-14,19H,8-12H2,1-3H3/t13-/m1/s1. The first-order chi connectivity index (χ1) is 9.06.